The first-order chi connectivity index (χ1) is 20.3. The van der Waals surface area contributed by atoms with Crippen molar-refractivity contribution < 1.29 is 19.2 Å². The normalized spacial score (nSPS) is 11.5. The maximum Gasteiger partial charge on any atom is 0.265 e. The van der Waals surface area contributed by atoms with Crippen LogP contribution < -0.4 is 21.5 Å². The lowest BCUT2D eigenvalue weighted by molar-refractivity contribution is -0.126. The van der Waals surface area contributed by atoms with Crippen LogP contribution in [0.2, 0.25) is 0 Å². The summed E-state index contributed by atoms with van der Waals surface area (Å²) in [6, 6.07) is 21.3. The Morgan fingerprint density at radius 3 is 1.31 bits per heavy atom. The quantitative estimate of drug-likeness (QED) is 0.134. The van der Waals surface area contributed by atoms with Crippen molar-refractivity contribution in [1.82, 2.24) is 10.9 Å². The Labute approximate surface area is 250 Å². The molecule has 0 spiro atoms. The fraction of sp³-hybridized carbons (Fsp3) is 0.133. The van der Waals surface area contributed by atoms with Gasteiger partial charge in [0.2, 0.25) is 11.8 Å². The van der Waals surface area contributed by atoms with Gasteiger partial charge >= 0.3 is 0 Å². The van der Waals surface area contributed by atoms with Gasteiger partial charge in [0.1, 0.15) is 0 Å². The van der Waals surface area contributed by atoms with E-state index in [2.05, 4.69) is 31.7 Å². The third-order valence-corrected chi connectivity index (χ3v) is 7.62. The Kier molecular flexibility index (Phi) is 10.5. The maximum atomic E-state index is 12.2. The zero-order valence-electron chi connectivity index (χ0n) is 22.8. The van der Waals surface area contributed by atoms with Crippen molar-refractivity contribution in [1.29, 1.82) is 0 Å². The highest BCUT2D eigenvalue weighted by Crippen LogP contribution is 2.16. The molecular formula is C30H28N6O4S2. The van der Waals surface area contributed by atoms with Crippen LogP contribution in [0, 0.1) is 0 Å². The molecule has 2 heterocycles. The molecule has 42 heavy (non-hydrogen) atoms. The number of anilines is 2. The molecule has 2 aromatic carbocycles. The van der Waals surface area contributed by atoms with E-state index in [0.717, 1.165) is 11.1 Å². The van der Waals surface area contributed by atoms with Gasteiger partial charge in [0, 0.05) is 24.2 Å². The van der Waals surface area contributed by atoms with E-state index >= 15 is 0 Å². The number of rotatable bonds is 11. The fourth-order valence-electron chi connectivity index (χ4n) is 3.55. The van der Waals surface area contributed by atoms with Gasteiger partial charge < -0.3 is 10.6 Å². The summed E-state index contributed by atoms with van der Waals surface area (Å²) in [5.74, 6) is -1.17. The van der Waals surface area contributed by atoms with Crippen LogP contribution in [0.4, 0.5) is 11.4 Å². The number of hydrazone groups is 2. The van der Waals surface area contributed by atoms with E-state index in [-0.39, 0.29) is 24.7 Å². The fourth-order valence-corrected chi connectivity index (χ4v) is 4.79. The minimum Gasteiger partial charge on any atom is -0.321 e. The molecule has 0 atom stereocenters. The molecule has 4 rings (SSSR count). The summed E-state index contributed by atoms with van der Waals surface area (Å²) in [5.41, 5.74) is 8.88. The van der Waals surface area contributed by atoms with Crippen molar-refractivity contribution in [3.8, 4) is 0 Å². The van der Waals surface area contributed by atoms with Crippen molar-refractivity contribution in [2.75, 3.05) is 10.6 Å². The van der Waals surface area contributed by atoms with Crippen molar-refractivity contribution in [2.24, 2.45) is 10.2 Å². The van der Waals surface area contributed by atoms with Gasteiger partial charge in [0.15, 0.2) is 0 Å². The second kappa shape index (κ2) is 14.6. The monoisotopic (exact) mass is 600 g/mol. The van der Waals surface area contributed by atoms with E-state index in [0.29, 0.717) is 32.6 Å². The van der Waals surface area contributed by atoms with E-state index in [4.69, 9.17) is 0 Å². The summed E-state index contributed by atoms with van der Waals surface area (Å²) < 4.78 is 0. The molecular weight excluding hydrogens is 573 g/mol. The van der Waals surface area contributed by atoms with Crippen LogP contribution in [-0.4, -0.2) is 35.1 Å². The third kappa shape index (κ3) is 8.78. The van der Waals surface area contributed by atoms with Crippen molar-refractivity contribution in [2.45, 2.75) is 26.7 Å². The molecule has 0 saturated heterocycles. The highest BCUT2D eigenvalue weighted by Gasteiger charge is 2.10. The molecule has 4 aromatic rings. The molecule has 0 aliphatic rings. The number of hydrogen-bond donors (Lipinski definition) is 4. The Bertz CT molecular complexity index is 1470. The standard InChI is InChI=1S/C30H28N6O4S2/c1-19(21-7-11-23(12-8-21)31-29(39)25-5-3-17-41-25)33-35-27(37)15-16-28(38)36-34-20(2)22-9-13-24(14-10-22)32-30(40)26-6-4-18-42-26/h3-14,17-18H,15-16H2,1-2H3,(H,31,39)(H,32,40)(H,35,37)(H,36,38)/b33-19+,34-20+. The van der Waals surface area contributed by atoms with Crippen LogP contribution in [0.1, 0.15) is 57.2 Å². The minimum absolute atomic E-state index is 0.0660. The number of carbonyl (C=O) groups excluding carboxylic acids is 4. The molecule has 4 N–H and O–H groups in total. The number of benzene rings is 2. The zero-order valence-corrected chi connectivity index (χ0v) is 24.5. The molecule has 0 unspecified atom stereocenters. The van der Waals surface area contributed by atoms with Gasteiger partial charge in [0.05, 0.1) is 21.2 Å². The predicted octanol–water partition coefficient (Wildman–Crippen LogP) is 5.48. The number of thiophene rings is 2. The summed E-state index contributed by atoms with van der Waals surface area (Å²) in [6.07, 6.45) is -0.132. The van der Waals surface area contributed by atoms with E-state index < -0.39 is 11.8 Å². The smallest absolute Gasteiger partial charge is 0.265 e. The SMILES string of the molecule is C/C(=N\NC(=O)CCC(=O)N/N=C(\C)c1ccc(NC(=O)c2cccs2)cc1)c1ccc(NC(=O)c2cccs2)cc1. The summed E-state index contributed by atoms with van der Waals surface area (Å²) >= 11 is 2.73. The summed E-state index contributed by atoms with van der Waals surface area (Å²) in [6.45, 7) is 3.49. The van der Waals surface area contributed by atoms with Crippen LogP contribution in [-0.2, 0) is 9.59 Å². The molecule has 0 bridgehead atoms. The van der Waals surface area contributed by atoms with Crippen molar-refractivity contribution >= 4 is 69.1 Å². The van der Waals surface area contributed by atoms with Crippen LogP contribution in [0.15, 0.2) is 93.8 Å². The number of amides is 4. The molecule has 214 valence electrons. The van der Waals surface area contributed by atoms with Crippen LogP contribution >= 0.6 is 22.7 Å². The predicted molar refractivity (Wildman–Crippen MR) is 167 cm³/mol. The minimum atomic E-state index is -0.412. The second-order valence-corrected chi connectivity index (χ2v) is 10.9. The molecule has 0 fully saturated rings. The van der Waals surface area contributed by atoms with E-state index in [9.17, 15) is 19.2 Å². The van der Waals surface area contributed by atoms with Crippen LogP contribution in [0.3, 0.4) is 0 Å². The molecule has 0 aliphatic carbocycles. The average molecular weight is 601 g/mol. The van der Waals surface area contributed by atoms with E-state index in [1.54, 1.807) is 74.5 Å². The summed E-state index contributed by atoms with van der Waals surface area (Å²) in [5, 5.41) is 17.5. The molecule has 10 nitrogen and oxygen atoms in total. The Morgan fingerprint density at radius 1 is 0.595 bits per heavy atom. The topological polar surface area (TPSA) is 141 Å². The molecule has 0 aliphatic heterocycles. The molecule has 0 radical (unpaired) electrons. The first kappa shape index (κ1) is 30.0. The van der Waals surface area contributed by atoms with Crippen molar-refractivity contribution in [3.05, 3.63) is 104 Å². The third-order valence-electron chi connectivity index (χ3n) is 5.89. The molecule has 2 aromatic heterocycles. The van der Waals surface area contributed by atoms with Crippen LogP contribution in [0.5, 0.6) is 0 Å². The molecule has 0 saturated carbocycles. The summed E-state index contributed by atoms with van der Waals surface area (Å²) in [7, 11) is 0. The van der Waals surface area contributed by atoms with Gasteiger partial charge in [-0.2, -0.15) is 10.2 Å². The highest BCUT2D eigenvalue weighted by molar-refractivity contribution is 7.12. The van der Waals surface area contributed by atoms with Gasteiger partial charge in [0.25, 0.3) is 11.8 Å². The first-order valence-corrected chi connectivity index (χ1v) is 14.6. The largest absolute Gasteiger partial charge is 0.321 e. The Morgan fingerprint density at radius 2 is 0.976 bits per heavy atom. The lowest BCUT2D eigenvalue weighted by atomic mass is 10.1. The molecule has 12 heteroatoms. The van der Waals surface area contributed by atoms with Gasteiger partial charge in [-0.15, -0.1) is 22.7 Å². The number of nitrogens with zero attached hydrogens (tertiary/aromatic N) is 2. The number of carbonyl (C=O) groups is 4. The van der Waals surface area contributed by atoms with Gasteiger partial charge in [-0.05, 0) is 72.1 Å². The Hall–Kier alpha value is -4.94. The maximum absolute atomic E-state index is 12.2. The van der Waals surface area contributed by atoms with Crippen molar-refractivity contribution in [3.63, 3.8) is 0 Å². The first-order valence-electron chi connectivity index (χ1n) is 12.9. The number of hydrogen-bond acceptors (Lipinski definition) is 8. The summed E-state index contributed by atoms with van der Waals surface area (Å²) in [4.78, 5) is 50.0. The number of nitrogens with one attached hydrogen (secondary N) is 4. The van der Waals surface area contributed by atoms with Crippen LogP contribution in [0.25, 0.3) is 0 Å². The van der Waals surface area contributed by atoms with E-state index in [1.807, 2.05) is 22.9 Å². The lowest BCUT2D eigenvalue weighted by Gasteiger charge is -2.07. The zero-order chi connectivity index (χ0) is 29.9. The molecule has 4 amide bonds. The van der Waals surface area contributed by atoms with Gasteiger partial charge in [-0.1, -0.05) is 36.4 Å². The second-order valence-electron chi connectivity index (χ2n) is 8.98. The Balaban J connectivity index is 1.18. The average Bonchev–Trinajstić information content (AvgIpc) is 3.74. The lowest BCUT2D eigenvalue weighted by Crippen LogP contribution is -2.24. The van der Waals surface area contributed by atoms with E-state index in [1.165, 1.54) is 22.7 Å². The van der Waals surface area contributed by atoms with Gasteiger partial charge in [-0.3, -0.25) is 19.2 Å². The highest BCUT2D eigenvalue weighted by atomic mass is 32.1. The van der Waals surface area contributed by atoms with Gasteiger partial charge in [-0.25, -0.2) is 10.9 Å².